The zero-order chi connectivity index (χ0) is 16.8. The molecule has 24 heavy (non-hydrogen) atoms. The normalized spacial score (nSPS) is 10.3. The fourth-order valence-electron chi connectivity index (χ4n) is 2.01. The number of thioether (sulfide) groups is 1. The maximum absolute atomic E-state index is 8.91. The fraction of sp³-hybridized carbons (Fsp3) is 0.167. The van der Waals surface area contributed by atoms with E-state index in [2.05, 4.69) is 16.3 Å². The first-order valence-corrected chi connectivity index (χ1v) is 8.35. The third-order valence-electron chi connectivity index (χ3n) is 3.25. The summed E-state index contributed by atoms with van der Waals surface area (Å²) in [5.74, 6) is 1.86. The highest BCUT2D eigenvalue weighted by Crippen LogP contribution is 2.22. The Morgan fingerprint density at radius 3 is 2.79 bits per heavy atom. The minimum absolute atomic E-state index is 0.237. The predicted molar refractivity (Wildman–Crippen MR) is 90.5 cm³/mol. The van der Waals surface area contributed by atoms with Gasteiger partial charge in [0.25, 0.3) is 11.1 Å². The number of nitriles is 1. The van der Waals surface area contributed by atoms with Crippen molar-refractivity contribution >= 4 is 11.8 Å². The van der Waals surface area contributed by atoms with Crippen molar-refractivity contribution in [2.24, 2.45) is 0 Å². The average molecular weight is 337 g/mol. The third-order valence-corrected chi connectivity index (χ3v) is 4.14. The average Bonchev–Trinajstić information content (AvgIpc) is 3.08. The van der Waals surface area contributed by atoms with Gasteiger partial charge in [0.1, 0.15) is 5.75 Å². The number of ether oxygens (including phenoxy) is 1. The fourth-order valence-corrected chi connectivity index (χ4v) is 2.73. The maximum atomic E-state index is 8.91. The van der Waals surface area contributed by atoms with Gasteiger partial charge >= 0.3 is 0 Å². The Kier molecular flexibility index (Phi) is 5.14. The molecule has 0 N–H and O–H groups in total. The highest BCUT2D eigenvalue weighted by molar-refractivity contribution is 7.98. The molecule has 0 fully saturated rings. The number of hydrogen-bond donors (Lipinski definition) is 0. The van der Waals surface area contributed by atoms with Gasteiger partial charge in [0, 0.05) is 5.75 Å². The molecule has 0 radical (unpaired) electrons. The first-order chi connectivity index (χ1) is 11.7. The summed E-state index contributed by atoms with van der Waals surface area (Å²) < 4.78 is 11.2. The van der Waals surface area contributed by atoms with Gasteiger partial charge in [0.15, 0.2) is 6.61 Å². The molecule has 5 nitrogen and oxygen atoms in total. The number of hydrogen-bond acceptors (Lipinski definition) is 6. The third kappa shape index (κ3) is 4.37. The van der Waals surface area contributed by atoms with Gasteiger partial charge in [0.05, 0.1) is 11.6 Å². The van der Waals surface area contributed by atoms with Crippen LogP contribution in [0.2, 0.25) is 0 Å². The zero-order valence-corrected chi connectivity index (χ0v) is 13.9. The highest BCUT2D eigenvalue weighted by atomic mass is 32.2. The maximum Gasteiger partial charge on any atom is 0.277 e. The lowest BCUT2D eigenvalue weighted by molar-refractivity contribution is 0.252. The van der Waals surface area contributed by atoms with Gasteiger partial charge in [0.2, 0.25) is 0 Å². The van der Waals surface area contributed by atoms with Gasteiger partial charge in [-0.3, -0.25) is 0 Å². The molecule has 0 aliphatic heterocycles. The Hall–Kier alpha value is -2.78. The predicted octanol–water partition coefficient (Wildman–Crippen LogP) is 4.12. The van der Waals surface area contributed by atoms with Crippen molar-refractivity contribution in [3.8, 4) is 11.8 Å². The second kappa shape index (κ2) is 7.66. The molecule has 0 unspecified atom stereocenters. The van der Waals surface area contributed by atoms with Gasteiger partial charge in [-0.2, -0.15) is 5.26 Å². The van der Waals surface area contributed by atoms with Crippen LogP contribution in [0, 0.1) is 18.3 Å². The molecule has 0 aliphatic carbocycles. The number of benzene rings is 2. The van der Waals surface area contributed by atoms with E-state index < -0.39 is 0 Å². The molecule has 2 aromatic carbocycles. The molecule has 0 spiro atoms. The van der Waals surface area contributed by atoms with Crippen molar-refractivity contribution in [2.75, 3.05) is 0 Å². The van der Waals surface area contributed by atoms with Crippen LogP contribution in [0.4, 0.5) is 0 Å². The molecule has 3 rings (SSSR count). The first kappa shape index (κ1) is 16.1. The van der Waals surface area contributed by atoms with Gasteiger partial charge in [-0.25, -0.2) is 0 Å². The zero-order valence-electron chi connectivity index (χ0n) is 13.1. The van der Waals surface area contributed by atoms with Crippen molar-refractivity contribution in [1.29, 1.82) is 5.26 Å². The molecule has 0 atom stereocenters. The van der Waals surface area contributed by atoms with Crippen LogP contribution in [-0.2, 0) is 12.4 Å². The van der Waals surface area contributed by atoms with Crippen LogP contribution < -0.4 is 4.74 Å². The van der Waals surface area contributed by atoms with Gasteiger partial charge < -0.3 is 9.15 Å². The summed E-state index contributed by atoms with van der Waals surface area (Å²) in [6.45, 7) is 2.26. The minimum atomic E-state index is 0.237. The van der Waals surface area contributed by atoms with E-state index in [0.717, 1.165) is 11.3 Å². The molecule has 0 aliphatic rings. The number of nitrogens with zero attached hydrogens (tertiary/aromatic N) is 3. The Balaban J connectivity index is 1.53. The van der Waals surface area contributed by atoms with Crippen molar-refractivity contribution in [3.05, 3.63) is 71.1 Å². The summed E-state index contributed by atoms with van der Waals surface area (Å²) in [7, 11) is 0. The van der Waals surface area contributed by atoms with Crippen LogP contribution in [0.5, 0.6) is 5.75 Å². The van der Waals surface area contributed by atoms with Crippen molar-refractivity contribution < 1.29 is 9.15 Å². The molecule has 0 saturated heterocycles. The lowest BCUT2D eigenvalue weighted by Crippen LogP contribution is -1.95. The molecule has 6 heteroatoms. The molecular formula is C18H15N3O2S. The lowest BCUT2D eigenvalue weighted by atomic mass is 10.2. The molecule has 120 valence electrons. The number of rotatable bonds is 6. The van der Waals surface area contributed by atoms with Crippen LogP contribution in [-0.4, -0.2) is 10.2 Å². The molecule has 1 heterocycles. The van der Waals surface area contributed by atoms with Crippen LogP contribution in [0.1, 0.15) is 22.6 Å². The monoisotopic (exact) mass is 337 g/mol. The summed E-state index contributed by atoms with van der Waals surface area (Å²) >= 11 is 1.43. The second-order valence-corrected chi connectivity index (χ2v) is 6.09. The van der Waals surface area contributed by atoms with E-state index in [1.54, 1.807) is 6.07 Å². The van der Waals surface area contributed by atoms with Crippen LogP contribution in [0.25, 0.3) is 0 Å². The molecule has 0 saturated carbocycles. The Bertz CT molecular complexity index is 853. The van der Waals surface area contributed by atoms with Crippen LogP contribution >= 0.6 is 11.8 Å². The first-order valence-electron chi connectivity index (χ1n) is 7.36. The summed E-state index contributed by atoms with van der Waals surface area (Å²) in [5, 5.41) is 17.4. The summed E-state index contributed by atoms with van der Waals surface area (Å²) in [4.78, 5) is 0. The summed E-state index contributed by atoms with van der Waals surface area (Å²) in [5.41, 5.74) is 2.86. The topological polar surface area (TPSA) is 71.9 Å². The molecule has 3 aromatic rings. The Labute approximate surface area is 144 Å². The highest BCUT2D eigenvalue weighted by Gasteiger charge is 2.08. The van der Waals surface area contributed by atoms with Gasteiger partial charge in [-0.1, -0.05) is 41.6 Å². The van der Waals surface area contributed by atoms with Crippen LogP contribution in [0.15, 0.2) is 58.2 Å². The standard InChI is InChI=1S/C18H15N3O2S/c1-13-5-7-16(8-6-13)22-11-17-20-21-18(23-17)24-12-15-4-2-3-14(9-15)10-19/h2-9H,11-12H2,1H3. The van der Waals surface area contributed by atoms with E-state index in [9.17, 15) is 0 Å². The van der Waals surface area contributed by atoms with Gasteiger partial charge in [-0.15, -0.1) is 10.2 Å². The molecular weight excluding hydrogens is 322 g/mol. The SMILES string of the molecule is Cc1ccc(OCc2nnc(SCc3cccc(C#N)c3)o2)cc1. The number of aryl methyl sites for hydroxylation is 1. The Morgan fingerprint density at radius 1 is 1.17 bits per heavy atom. The summed E-state index contributed by atoms with van der Waals surface area (Å²) in [6.07, 6.45) is 0. The lowest BCUT2D eigenvalue weighted by Gasteiger charge is -2.02. The molecule has 0 amide bonds. The van der Waals surface area contributed by atoms with E-state index in [4.69, 9.17) is 14.4 Å². The quantitative estimate of drug-likeness (QED) is 0.630. The van der Waals surface area contributed by atoms with E-state index in [0.29, 0.717) is 22.4 Å². The van der Waals surface area contributed by atoms with Gasteiger partial charge in [-0.05, 0) is 36.8 Å². The van der Waals surface area contributed by atoms with Crippen molar-refractivity contribution in [2.45, 2.75) is 24.5 Å². The molecule has 0 bridgehead atoms. The second-order valence-electron chi connectivity index (χ2n) is 5.16. The minimum Gasteiger partial charge on any atom is -0.484 e. The number of aromatic nitrogens is 2. The van der Waals surface area contributed by atoms with Crippen molar-refractivity contribution in [3.63, 3.8) is 0 Å². The Morgan fingerprint density at radius 2 is 2.00 bits per heavy atom. The van der Waals surface area contributed by atoms with E-state index in [1.807, 2.05) is 49.4 Å². The van der Waals surface area contributed by atoms with Crippen LogP contribution in [0.3, 0.4) is 0 Å². The summed E-state index contributed by atoms with van der Waals surface area (Å²) in [6, 6.07) is 17.4. The van der Waals surface area contributed by atoms with E-state index >= 15 is 0 Å². The largest absolute Gasteiger partial charge is 0.484 e. The van der Waals surface area contributed by atoms with E-state index in [1.165, 1.54) is 17.3 Å². The molecule has 1 aromatic heterocycles. The van der Waals surface area contributed by atoms with Crippen molar-refractivity contribution in [1.82, 2.24) is 10.2 Å². The van der Waals surface area contributed by atoms with E-state index in [-0.39, 0.29) is 6.61 Å². The smallest absolute Gasteiger partial charge is 0.277 e.